The van der Waals surface area contributed by atoms with Gasteiger partial charge < -0.3 is 100 Å². The Kier molecular flexibility index (Phi) is 49.9. The Labute approximate surface area is 582 Å². The highest BCUT2D eigenvalue weighted by Gasteiger charge is 2.60. The molecule has 0 aromatic heterocycles. The van der Waals surface area contributed by atoms with Gasteiger partial charge >= 0.3 is 5.97 Å². The normalized spacial score (nSPS) is 27.3. The second-order valence-electron chi connectivity index (χ2n) is 28.6. The fourth-order valence-electron chi connectivity index (χ4n) is 13.9. The van der Waals surface area contributed by atoms with Gasteiger partial charge in [0.25, 0.3) is 5.79 Å². The Morgan fingerprint density at radius 1 is 0.495 bits per heavy atom. The number of amides is 2. The number of aliphatic carboxylic acids is 1. The van der Waals surface area contributed by atoms with Crippen molar-refractivity contribution in [3.8, 4) is 0 Å². The Morgan fingerprint density at radius 3 is 1.29 bits per heavy atom. The number of carboxylic acid groups (broad SMARTS) is 1. The molecular weight excluding hydrogens is 1250 g/mol. The number of carbonyl (C=O) groups is 3. The van der Waals surface area contributed by atoms with E-state index in [0.717, 1.165) is 51.9 Å². The van der Waals surface area contributed by atoms with Gasteiger partial charge in [-0.25, -0.2) is 4.79 Å². The highest BCUT2D eigenvalue weighted by molar-refractivity contribution is 5.77. The third-order valence-corrected chi connectivity index (χ3v) is 20.1. The second kappa shape index (κ2) is 54.4. The molecule has 3 heterocycles. The molecule has 0 aromatic carbocycles. The third-order valence-electron chi connectivity index (χ3n) is 20.1. The van der Waals surface area contributed by atoms with Gasteiger partial charge in [0.05, 0.1) is 50.7 Å². The van der Waals surface area contributed by atoms with Gasteiger partial charge in [-0.2, -0.15) is 0 Å². The molecule has 18 atom stereocenters. The first-order chi connectivity index (χ1) is 46.9. The quantitative estimate of drug-likeness (QED) is 0.0252. The van der Waals surface area contributed by atoms with Crippen molar-refractivity contribution in [2.45, 2.75) is 426 Å². The van der Waals surface area contributed by atoms with Crippen molar-refractivity contribution >= 4 is 17.8 Å². The van der Waals surface area contributed by atoms with Crippen molar-refractivity contribution in [3.63, 3.8) is 0 Å². The zero-order valence-corrected chi connectivity index (χ0v) is 60.2. The zero-order chi connectivity index (χ0) is 71.1. The molecule has 23 nitrogen and oxygen atoms in total. The molecule has 3 aliphatic rings. The highest BCUT2D eigenvalue weighted by Crippen LogP contribution is 2.39. The van der Waals surface area contributed by atoms with E-state index >= 15 is 0 Å². The van der Waals surface area contributed by atoms with E-state index in [2.05, 4.69) is 24.5 Å². The van der Waals surface area contributed by atoms with Crippen LogP contribution in [0.15, 0.2) is 0 Å². The first-order valence-corrected chi connectivity index (χ1v) is 38.9. The Morgan fingerprint density at radius 2 is 0.897 bits per heavy atom. The van der Waals surface area contributed by atoms with E-state index in [4.69, 9.17) is 28.4 Å². The molecule has 0 aromatic rings. The Hall–Kier alpha value is -2.27. The molecule has 3 aliphatic heterocycles. The van der Waals surface area contributed by atoms with Crippen molar-refractivity contribution in [1.29, 1.82) is 0 Å². The van der Waals surface area contributed by atoms with Gasteiger partial charge in [-0.15, -0.1) is 0 Å². The van der Waals surface area contributed by atoms with E-state index in [1.807, 2.05) is 0 Å². The first-order valence-electron chi connectivity index (χ1n) is 38.9. The molecule has 97 heavy (non-hydrogen) atoms. The molecule has 14 N–H and O–H groups in total. The summed E-state index contributed by atoms with van der Waals surface area (Å²) in [5.41, 5.74) is 0. The summed E-state index contributed by atoms with van der Waals surface area (Å²) < 4.78 is 34.9. The Balaban J connectivity index is 1.44. The number of aliphatic hydroxyl groups is 11. The van der Waals surface area contributed by atoms with Crippen molar-refractivity contribution < 1.29 is 104 Å². The highest BCUT2D eigenvalue weighted by atomic mass is 16.8. The van der Waals surface area contributed by atoms with E-state index in [0.29, 0.717) is 19.3 Å². The minimum Gasteiger partial charge on any atom is -0.477 e. The zero-order valence-electron chi connectivity index (χ0n) is 60.2. The van der Waals surface area contributed by atoms with Crippen LogP contribution in [-0.4, -0.2) is 215 Å². The van der Waals surface area contributed by atoms with Crippen molar-refractivity contribution in [2.24, 2.45) is 0 Å². The Bertz CT molecular complexity index is 1950. The van der Waals surface area contributed by atoms with Crippen molar-refractivity contribution in [1.82, 2.24) is 10.6 Å². The topological polar surface area (TPSA) is 373 Å². The maximum atomic E-state index is 13.5. The molecule has 23 heteroatoms. The van der Waals surface area contributed by atoms with Crippen LogP contribution in [0.2, 0.25) is 0 Å². The summed E-state index contributed by atoms with van der Waals surface area (Å²) in [6, 6.07) is -2.52. The SMILES string of the molecule is CCCCCCCCCCCCCCCCCCCCCCCCCCCCCCCCCCC(=O)NC(COC1OC(CO)C(OC2OC(CO)C(O)C(OC3(C(=O)O)CC(O)C(NC(C)=O)C(C(O)C(O)CO)O3)C2O)C(O)C1O)C(O)CCCCCCCCCCCCC. The molecule has 2 amide bonds. The van der Waals surface area contributed by atoms with Crippen LogP contribution < -0.4 is 10.6 Å². The number of hydrogen-bond donors (Lipinski definition) is 14. The molecule has 3 rings (SSSR count). The van der Waals surface area contributed by atoms with E-state index in [-0.39, 0.29) is 18.9 Å². The van der Waals surface area contributed by atoms with Crippen LogP contribution in [-0.2, 0) is 42.8 Å². The van der Waals surface area contributed by atoms with E-state index in [1.54, 1.807) is 0 Å². The van der Waals surface area contributed by atoms with Crippen LogP contribution >= 0.6 is 0 Å². The maximum Gasteiger partial charge on any atom is 0.364 e. The minimum atomic E-state index is -3.08. The molecule has 0 saturated carbocycles. The van der Waals surface area contributed by atoms with Crippen LogP contribution in [0, 0.1) is 0 Å². The number of carbonyl (C=O) groups excluding carboxylic acids is 2. The van der Waals surface area contributed by atoms with E-state index in [9.17, 15) is 75.7 Å². The summed E-state index contributed by atoms with van der Waals surface area (Å²) in [4.78, 5) is 38.6. The lowest BCUT2D eigenvalue weighted by molar-refractivity contribution is -0.386. The molecule has 3 saturated heterocycles. The van der Waals surface area contributed by atoms with E-state index < -0.39 is 148 Å². The molecule has 0 bridgehead atoms. The van der Waals surface area contributed by atoms with E-state index in [1.165, 1.54) is 218 Å². The monoisotopic (exact) mass is 1390 g/mol. The molecule has 18 unspecified atom stereocenters. The summed E-state index contributed by atoms with van der Waals surface area (Å²) in [6.45, 7) is 2.22. The number of rotatable bonds is 61. The van der Waals surface area contributed by atoms with Crippen molar-refractivity contribution in [3.05, 3.63) is 0 Å². The molecule has 0 spiro atoms. The number of nitrogens with one attached hydrogen (secondary N) is 2. The fraction of sp³-hybridized carbons (Fsp3) is 0.959. The van der Waals surface area contributed by atoms with Gasteiger partial charge in [0.2, 0.25) is 11.8 Å². The first kappa shape index (κ1) is 88.9. The number of hydrogen-bond acceptors (Lipinski definition) is 20. The fourth-order valence-corrected chi connectivity index (χ4v) is 13.9. The van der Waals surface area contributed by atoms with Gasteiger partial charge in [0.1, 0.15) is 67.1 Å². The van der Waals surface area contributed by atoms with Gasteiger partial charge in [-0.3, -0.25) is 9.59 Å². The predicted molar refractivity (Wildman–Crippen MR) is 371 cm³/mol. The summed E-state index contributed by atoms with van der Waals surface area (Å²) in [6.07, 6.45) is 25.7. The summed E-state index contributed by atoms with van der Waals surface area (Å²) in [5.74, 6) is -6.09. The van der Waals surface area contributed by atoms with Crippen molar-refractivity contribution in [2.75, 3.05) is 26.4 Å². The average Bonchev–Trinajstić information content (AvgIpc) is 0.758. The lowest BCUT2D eigenvalue weighted by Gasteiger charge is -2.50. The van der Waals surface area contributed by atoms with Crippen LogP contribution in [0.4, 0.5) is 0 Å². The largest absolute Gasteiger partial charge is 0.477 e. The average molecular weight is 1390 g/mol. The minimum absolute atomic E-state index is 0.229. The number of aliphatic hydroxyl groups excluding tert-OH is 11. The van der Waals surface area contributed by atoms with Crippen LogP contribution in [0.3, 0.4) is 0 Å². The maximum absolute atomic E-state index is 13.5. The van der Waals surface area contributed by atoms with Crippen LogP contribution in [0.25, 0.3) is 0 Å². The number of carboxylic acids is 1. The summed E-state index contributed by atoms with van der Waals surface area (Å²) in [7, 11) is 0. The second-order valence-corrected chi connectivity index (χ2v) is 28.6. The van der Waals surface area contributed by atoms with Crippen LogP contribution in [0.5, 0.6) is 0 Å². The number of ether oxygens (including phenoxy) is 6. The lowest BCUT2D eigenvalue weighted by atomic mass is 9.88. The standard InChI is InChI=1S/C74H140N2O21/c1-4-6-8-10-12-14-16-17-18-19-20-21-22-23-24-25-26-27-28-29-30-31-32-33-34-35-36-38-40-42-44-46-48-61(84)76-55(56(81)47-45-43-41-39-37-15-13-11-9-7-5-2)53-92-71-66(88)65(87)68(60(52-79)94-71)95-72-67(89)70(64(86)59(51-78)93-72)97-74(73(90)91)49-57(82)62(75-54(3)80)69(96-74)63(85)58(83)50-77/h55-60,62-72,77-79,81-83,85-89H,4-53H2,1-3H3,(H,75,80)(H,76,84)(H,90,91). The third kappa shape index (κ3) is 35.7. The van der Waals surface area contributed by atoms with Gasteiger partial charge in [0, 0.05) is 19.8 Å². The van der Waals surface area contributed by atoms with Gasteiger partial charge in [-0.05, 0) is 12.8 Å². The predicted octanol–water partition coefficient (Wildman–Crippen LogP) is 9.24. The summed E-state index contributed by atoms with van der Waals surface area (Å²) >= 11 is 0. The summed E-state index contributed by atoms with van der Waals surface area (Å²) in [5, 5.41) is 136. The molecule has 0 radical (unpaired) electrons. The van der Waals surface area contributed by atoms with Crippen LogP contribution in [0.1, 0.15) is 316 Å². The molecule has 0 aliphatic carbocycles. The molecular formula is C74H140N2O21. The van der Waals surface area contributed by atoms with Gasteiger partial charge in [0.15, 0.2) is 12.6 Å². The van der Waals surface area contributed by atoms with Gasteiger partial charge in [-0.1, -0.05) is 284 Å². The number of unbranched alkanes of at least 4 members (excludes halogenated alkanes) is 41. The lowest BCUT2D eigenvalue weighted by Crippen LogP contribution is -2.70. The smallest absolute Gasteiger partial charge is 0.364 e. The molecule has 3 fully saturated rings. The molecule has 572 valence electrons.